The number of amides is 1. The van der Waals surface area contributed by atoms with Crippen LogP contribution in [0.2, 0.25) is 0 Å². The van der Waals surface area contributed by atoms with Crippen molar-refractivity contribution < 1.29 is 19.1 Å². The minimum Gasteiger partial charge on any atom is -0.453 e. The second kappa shape index (κ2) is 10.1. The number of anilines is 3. The lowest BCUT2D eigenvalue weighted by Crippen LogP contribution is -2.32. The van der Waals surface area contributed by atoms with Crippen molar-refractivity contribution in [3.8, 4) is 0 Å². The van der Waals surface area contributed by atoms with Gasteiger partial charge in [-0.1, -0.05) is 6.07 Å². The third kappa shape index (κ3) is 5.39. The smallest absolute Gasteiger partial charge is 0.303 e. The van der Waals surface area contributed by atoms with Gasteiger partial charge in [-0.2, -0.15) is 0 Å². The number of nitrogens with one attached hydrogen (secondary N) is 2. The van der Waals surface area contributed by atoms with Crippen molar-refractivity contribution in [2.24, 2.45) is 0 Å². The predicted molar refractivity (Wildman–Crippen MR) is 148 cm³/mol. The highest BCUT2D eigenvalue weighted by Crippen LogP contribution is 2.38. The number of benzene rings is 1. The van der Waals surface area contributed by atoms with E-state index in [1.807, 2.05) is 12.1 Å². The molecule has 38 heavy (non-hydrogen) atoms. The molecule has 1 amide bonds. The van der Waals surface area contributed by atoms with Gasteiger partial charge in [0.15, 0.2) is 6.10 Å². The number of hydrogen-bond donors (Lipinski definition) is 3. The van der Waals surface area contributed by atoms with E-state index in [0.717, 1.165) is 49.5 Å². The second-order valence-electron chi connectivity index (χ2n) is 10.0. The Bertz CT molecular complexity index is 1550. The van der Waals surface area contributed by atoms with Crippen LogP contribution in [0.4, 0.5) is 17.2 Å². The van der Waals surface area contributed by atoms with Gasteiger partial charge in [0, 0.05) is 30.8 Å². The number of carbonyl (C=O) groups is 2. The standard InChI is InChI=1S/C27H30N6O4S/c1-14(37-15(2)34)25(35)32-20-6-5-16(9-19(20)28)7-8-29-24-23-22(30-13-31-24)18-10-17-12-36-27(3,4)11-21(17)33-26(18)38-23/h5-6,9-10,13-14H,7-8,11-12,28H2,1-4H3,(H,32,35)(H,29,30,31). The molecule has 1 aromatic carbocycles. The zero-order chi connectivity index (χ0) is 27.0. The van der Waals surface area contributed by atoms with E-state index in [1.165, 1.54) is 13.8 Å². The number of carbonyl (C=O) groups excluding carboxylic acids is 2. The predicted octanol–water partition coefficient (Wildman–Crippen LogP) is 4.22. The van der Waals surface area contributed by atoms with E-state index >= 15 is 0 Å². The number of fused-ring (bicyclic) bond motifs is 4. The van der Waals surface area contributed by atoms with Crippen LogP contribution < -0.4 is 16.4 Å². The topological polar surface area (TPSA) is 141 Å². The second-order valence-corrected chi connectivity index (χ2v) is 11.0. The van der Waals surface area contributed by atoms with E-state index in [0.29, 0.717) is 30.9 Å². The van der Waals surface area contributed by atoms with Gasteiger partial charge in [0.1, 0.15) is 17.0 Å². The van der Waals surface area contributed by atoms with Gasteiger partial charge in [-0.25, -0.2) is 15.0 Å². The number of nitrogens with zero attached hydrogens (tertiary/aromatic N) is 3. The highest BCUT2D eigenvalue weighted by atomic mass is 32.1. The van der Waals surface area contributed by atoms with Crippen LogP contribution in [0, 0.1) is 0 Å². The van der Waals surface area contributed by atoms with Crippen LogP contribution in [0.1, 0.15) is 44.5 Å². The highest BCUT2D eigenvalue weighted by molar-refractivity contribution is 7.25. The molecular weight excluding hydrogens is 504 g/mol. The summed E-state index contributed by atoms with van der Waals surface area (Å²) in [6.07, 6.45) is 2.13. The van der Waals surface area contributed by atoms with Crippen LogP contribution in [0.5, 0.6) is 0 Å². The first-order chi connectivity index (χ1) is 18.1. The van der Waals surface area contributed by atoms with Crippen LogP contribution in [-0.4, -0.2) is 45.1 Å². The van der Waals surface area contributed by atoms with E-state index in [1.54, 1.807) is 23.7 Å². The Labute approximate surface area is 224 Å². The number of nitrogens with two attached hydrogens (primary N) is 1. The number of aromatic nitrogens is 3. The fourth-order valence-electron chi connectivity index (χ4n) is 4.46. The molecule has 198 valence electrons. The molecule has 1 aliphatic heterocycles. The van der Waals surface area contributed by atoms with Gasteiger partial charge >= 0.3 is 5.97 Å². The molecule has 1 aliphatic rings. The average Bonchev–Trinajstić information content (AvgIpc) is 3.21. The normalized spacial score (nSPS) is 15.2. The molecule has 0 radical (unpaired) electrons. The number of rotatable bonds is 7. The lowest BCUT2D eigenvalue weighted by molar-refractivity contribution is -0.150. The third-order valence-corrected chi connectivity index (χ3v) is 7.51. The number of hydrogen-bond acceptors (Lipinski definition) is 10. The van der Waals surface area contributed by atoms with Gasteiger partial charge in [-0.05, 0) is 51.0 Å². The molecule has 4 N–H and O–H groups in total. The first kappa shape index (κ1) is 25.8. The summed E-state index contributed by atoms with van der Waals surface area (Å²) in [5.41, 5.74) is 10.9. The summed E-state index contributed by atoms with van der Waals surface area (Å²) in [5, 5.41) is 7.14. The van der Waals surface area contributed by atoms with E-state index < -0.39 is 18.0 Å². The molecule has 0 bridgehead atoms. The Hall–Kier alpha value is -3.83. The highest BCUT2D eigenvalue weighted by Gasteiger charge is 2.28. The molecule has 0 aliphatic carbocycles. The third-order valence-electron chi connectivity index (χ3n) is 6.42. The Morgan fingerprint density at radius 2 is 2.08 bits per heavy atom. The Morgan fingerprint density at radius 3 is 2.84 bits per heavy atom. The largest absolute Gasteiger partial charge is 0.453 e. The first-order valence-corrected chi connectivity index (χ1v) is 13.2. The van der Waals surface area contributed by atoms with Crippen molar-refractivity contribution in [1.29, 1.82) is 0 Å². The Kier molecular flexibility index (Phi) is 6.89. The lowest BCUT2D eigenvalue weighted by Gasteiger charge is -2.30. The van der Waals surface area contributed by atoms with E-state index in [2.05, 4.69) is 40.5 Å². The van der Waals surface area contributed by atoms with Crippen molar-refractivity contribution in [1.82, 2.24) is 15.0 Å². The molecule has 11 heteroatoms. The fraction of sp³-hybridized carbons (Fsp3) is 0.370. The Morgan fingerprint density at radius 1 is 1.26 bits per heavy atom. The van der Waals surface area contributed by atoms with Crippen molar-refractivity contribution >= 4 is 60.8 Å². The maximum absolute atomic E-state index is 12.2. The molecule has 1 atom stereocenters. The van der Waals surface area contributed by atoms with Crippen molar-refractivity contribution in [3.63, 3.8) is 0 Å². The molecule has 3 aromatic heterocycles. The number of nitrogen functional groups attached to an aromatic ring is 1. The summed E-state index contributed by atoms with van der Waals surface area (Å²) in [5.74, 6) is -0.193. The maximum Gasteiger partial charge on any atom is 0.303 e. The zero-order valence-electron chi connectivity index (χ0n) is 21.8. The molecule has 0 saturated heterocycles. The first-order valence-electron chi connectivity index (χ1n) is 12.4. The number of ether oxygens (including phenoxy) is 2. The molecule has 4 heterocycles. The van der Waals surface area contributed by atoms with Gasteiger partial charge < -0.3 is 25.8 Å². The summed E-state index contributed by atoms with van der Waals surface area (Å²) < 4.78 is 11.9. The van der Waals surface area contributed by atoms with Crippen molar-refractivity contribution in [2.75, 3.05) is 22.9 Å². The molecule has 0 saturated carbocycles. The number of pyridine rings is 1. The summed E-state index contributed by atoms with van der Waals surface area (Å²) in [6, 6.07) is 7.62. The SMILES string of the molecule is CC(=O)OC(C)C(=O)Nc1ccc(CCNc2ncnc3c2sc2nc4c(cc23)COC(C)(C)C4)cc1N. The molecule has 4 aromatic rings. The zero-order valence-corrected chi connectivity index (χ0v) is 22.6. The van der Waals surface area contributed by atoms with E-state index in [4.69, 9.17) is 20.2 Å². The van der Waals surface area contributed by atoms with Gasteiger partial charge in [0.05, 0.1) is 39.5 Å². The van der Waals surface area contributed by atoms with Crippen LogP contribution in [0.15, 0.2) is 30.6 Å². The van der Waals surface area contributed by atoms with E-state index in [-0.39, 0.29) is 5.60 Å². The van der Waals surface area contributed by atoms with Gasteiger partial charge in [0.2, 0.25) is 0 Å². The number of esters is 1. The molecule has 1 unspecified atom stereocenters. The summed E-state index contributed by atoms with van der Waals surface area (Å²) in [6.45, 7) is 8.12. The van der Waals surface area contributed by atoms with Crippen LogP contribution >= 0.6 is 11.3 Å². The van der Waals surface area contributed by atoms with Crippen LogP contribution in [0.3, 0.4) is 0 Å². The van der Waals surface area contributed by atoms with Crippen molar-refractivity contribution in [3.05, 3.63) is 47.4 Å². The average molecular weight is 535 g/mol. The summed E-state index contributed by atoms with van der Waals surface area (Å²) >= 11 is 1.59. The molecular formula is C27H30N6O4S. The Balaban J connectivity index is 1.27. The molecule has 10 nitrogen and oxygen atoms in total. The van der Waals surface area contributed by atoms with Gasteiger partial charge in [-0.15, -0.1) is 11.3 Å². The number of thiophene rings is 1. The summed E-state index contributed by atoms with van der Waals surface area (Å²) in [7, 11) is 0. The summed E-state index contributed by atoms with van der Waals surface area (Å²) in [4.78, 5) is 38.2. The maximum atomic E-state index is 12.2. The lowest BCUT2D eigenvalue weighted by atomic mass is 9.95. The van der Waals surface area contributed by atoms with E-state index in [9.17, 15) is 9.59 Å². The van der Waals surface area contributed by atoms with Crippen LogP contribution in [-0.2, 0) is 38.5 Å². The molecule has 0 fully saturated rings. The molecule has 5 rings (SSSR count). The minimum absolute atomic E-state index is 0.216. The quantitative estimate of drug-likeness (QED) is 0.235. The fourth-order valence-corrected chi connectivity index (χ4v) is 5.55. The van der Waals surface area contributed by atoms with Gasteiger partial charge in [0.25, 0.3) is 5.91 Å². The van der Waals surface area contributed by atoms with Crippen LogP contribution in [0.25, 0.3) is 20.4 Å². The monoisotopic (exact) mass is 534 g/mol. The van der Waals surface area contributed by atoms with Gasteiger partial charge in [-0.3, -0.25) is 9.59 Å². The van der Waals surface area contributed by atoms with Crippen molar-refractivity contribution in [2.45, 2.75) is 58.8 Å². The minimum atomic E-state index is -0.907. The molecule has 0 spiro atoms.